The Morgan fingerprint density at radius 3 is 2.45 bits per heavy atom. The average Bonchev–Trinajstić information content (AvgIpc) is 2.67. The number of hydrogen-bond acceptors (Lipinski definition) is 2. The lowest BCUT2D eigenvalue weighted by Crippen LogP contribution is -2.43. The number of hydrogen-bond donors (Lipinski definition) is 0. The maximum absolute atomic E-state index is 6.23. The van der Waals surface area contributed by atoms with Gasteiger partial charge in [-0.1, -0.05) is 49.2 Å². The minimum atomic E-state index is -0.186. The summed E-state index contributed by atoms with van der Waals surface area (Å²) in [6.45, 7) is 13.9. The molecule has 1 aliphatic carbocycles. The Morgan fingerprint density at radius 1 is 1.10 bits per heavy atom. The van der Waals surface area contributed by atoms with Crippen molar-refractivity contribution in [2.24, 2.45) is 10.9 Å². The van der Waals surface area contributed by atoms with Crippen LogP contribution >= 0.6 is 0 Å². The lowest BCUT2D eigenvalue weighted by molar-refractivity contribution is -0.0746. The van der Waals surface area contributed by atoms with E-state index in [1.54, 1.807) is 11.1 Å². The molecule has 0 aromatic heterocycles. The lowest BCUT2D eigenvalue weighted by atomic mass is 9.80. The summed E-state index contributed by atoms with van der Waals surface area (Å²) in [6, 6.07) is 9.49. The lowest BCUT2D eigenvalue weighted by Gasteiger charge is -2.40. The molecule has 1 heterocycles. The number of rotatable bonds is 6. The van der Waals surface area contributed by atoms with Crippen molar-refractivity contribution < 1.29 is 4.74 Å². The van der Waals surface area contributed by atoms with E-state index in [-0.39, 0.29) is 11.8 Å². The average molecular weight is 397 g/mol. The number of aliphatic imine (C=N–C) groups is 1. The number of ether oxygens (including phenoxy) is 1. The summed E-state index contributed by atoms with van der Waals surface area (Å²) >= 11 is 0. The normalized spacial score (nSPS) is 21.8. The molecular formula is C26H40N2O. The Hall–Kier alpha value is -1.61. The Kier molecular flexibility index (Phi) is 7.21. The van der Waals surface area contributed by atoms with Crippen LogP contribution < -0.4 is 0 Å². The van der Waals surface area contributed by atoms with Crippen molar-refractivity contribution in [2.75, 3.05) is 6.54 Å². The molecule has 0 spiro atoms. The van der Waals surface area contributed by atoms with Gasteiger partial charge in [0, 0.05) is 12.5 Å². The van der Waals surface area contributed by atoms with Crippen molar-refractivity contribution in [3.05, 3.63) is 46.5 Å². The first-order valence-corrected chi connectivity index (χ1v) is 11.5. The van der Waals surface area contributed by atoms with Gasteiger partial charge in [-0.25, -0.2) is 4.99 Å². The molecule has 29 heavy (non-hydrogen) atoms. The van der Waals surface area contributed by atoms with Gasteiger partial charge < -0.3 is 9.64 Å². The van der Waals surface area contributed by atoms with E-state index in [0.29, 0.717) is 12.0 Å². The highest BCUT2D eigenvalue weighted by Gasteiger charge is 2.30. The molecule has 1 aromatic carbocycles. The van der Waals surface area contributed by atoms with Crippen LogP contribution in [0.5, 0.6) is 0 Å². The molecule has 3 heteroatoms. The Morgan fingerprint density at radius 2 is 1.79 bits per heavy atom. The fourth-order valence-electron chi connectivity index (χ4n) is 4.48. The van der Waals surface area contributed by atoms with E-state index in [1.165, 1.54) is 43.2 Å². The molecule has 0 fully saturated rings. The summed E-state index contributed by atoms with van der Waals surface area (Å²) in [5.74, 6) is 0.357. The molecule has 2 aliphatic rings. The standard InChI is InChI=1S/C26H40N2O/c1-19(2)25(29-26(4,5)6)27-18-28-16-15-22-9-7-8-10-23(22)24(28)17-21-13-11-20(3)12-14-21/h11-14,18-19,24-25H,7-10,15-17H2,1-6H3/t24-,25+/m0/s1. The van der Waals surface area contributed by atoms with Crippen LogP contribution in [0.1, 0.15) is 77.8 Å². The second kappa shape index (κ2) is 9.47. The fourth-order valence-corrected chi connectivity index (χ4v) is 4.48. The molecule has 0 saturated carbocycles. The summed E-state index contributed by atoms with van der Waals surface area (Å²) in [5.41, 5.74) is 5.98. The van der Waals surface area contributed by atoms with Crippen LogP contribution in [0, 0.1) is 12.8 Å². The number of benzene rings is 1. The predicted molar refractivity (Wildman–Crippen MR) is 123 cm³/mol. The fraction of sp³-hybridized carbons (Fsp3) is 0.654. The third-order valence-electron chi connectivity index (χ3n) is 6.06. The smallest absolute Gasteiger partial charge is 0.152 e. The molecule has 0 bridgehead atoms. The third-order valence-corrected chi connectivity index (χ3v) is 6.06. The Bertz CT molecular complexity index is 724. The van der Waals surface area contributed by atoms with E-state index in [2.05, 4.69) is 77.0 Å². The SMILES string of the molecule is Cc1ccc(C[C@H]2C3=C(CCCC3)CCN2C=N[C@H](OC(C)(C)C)C(C)C)cc1. The first-order chi connectivity index (χ1) is 13.7. The summed E-state index contributed by atoms with van der Waals surface area (Å²) < 4.78 is 6.23. The Labute approximate surface area is 178 Å². The zero-order valence-corrected chi connectivity index (χ0v) is 19.4. The van der Waals surface area contributed by atoms with E-state index in [4.69, 9.17) is 9.73 Å². The molecule has 0 radical (unpaired) electrons. The molecular weight excluding hydrogens is 356 g/mol. The monoisotopic (exact) mass is 396 g/mol. The largest absolute Gasteiger partial charge is 0.355 e. The van der Waals surface area contributed by atoms with Crippen LogP contribution in [-0.2, 0) is 11.2 Å². The van der Waals surface area contributed by atoms with Crippen molar-refractivity contribution in [1.29, 1.82) is 0 Å². The van der Waals surface area contributed by atoms with E-state index < -0.39 is 0 Å². The van der Waals surface area contributed by atoms with Crippen molar-refractivity contribution in [1.82, 2.24) is 4.90 Å². The van der Waals surface area contributed by atoms with Crippen molar-refractivity contribution in [2.45, 2.75) is 97.9 Å². The van der Waals surface area contributed by atoms with Gasteiger partial charge in [0.25, 0.3) is 0 Å². The summed E-state index contributed by atoms with van der Waals surface area (Å²) in [6.07, 6.45) is 9.50. The molecule has 160 valence electrons. The second-order valence-corrected chi connectivity index (χ2v) is 10.2. The number of aryl methyl sites for hydroxylation is 1. The van der Waals surface area contributed by atoms with Gasteiger partial charge in [-0.3, -0.25) is 0 Å². The van der Waals surface area contributed by atoms with E-state index in [1.807, 2.05) is 0 Å². The first-order valence-electron chi connectivity index (χ1n) is 11.5. The van der Waals surface area contributed by atoms with Crippen LogP contribution in [0.3, 0.4) is 0 Å². The molecule has 1 aliphatic heterocycles. The molecule has 0 saturated heterocycles. The predicted octanol–water partition coefficient (Wildman–Crippen LogP) is 6.31. The van der Waals surface area contributed by atoms with Gasteiger partial charge in [0.05, 0.1) is 18.0 Å². The molecule has 1 aromatic rings. The topological polar surface area (TPSA) is 24.8 Å². The van der Waals surface area contributed by atoms with Crippen molar-refractivity contribution >= 4 is 6.34 Å². The van der Waals surface area contributed by atoms with Crippen LogP contribution in [-0.4, -0.2) is 35.7 Å². The van der Waals surface area contributed by atoms with Crippen LogP contribution in [0.25, 0.3) is 0 Å². The maximum atomic E-state index is 6.23. The van der Waals surface area contributed by atoms with E-state index >= 15 is 0 Å². The van der Waals surface area contributed by atoms with Gasteiger partial charge in [-0.15, -0.1) is 0 Å². The Balaban J connectivity index is 1.83. The highest BCUT2D eigenvalue weighted by atomic mass is 16.5. The molecule has 0 amide bonds. The molecule has 0 N–H and O–H groups in total. The number of nitrogens with zero attached hydrogens (tertiary/aromatic N) is 2. The van der Waals surface area contributed by atoms with Crippen LogP contribution in [0.15, 0.2) is 40.4 Å². The van der Waals surface area contributed by atoms with Gasteiger partial charge >= 0.3 is 0 Å². The highest BCUT2D eigenvalue weighted by molar-refractivity contribution is 5.58. The minimum absolute atomic E-state index is 0.100. The summed E-state index contributed by atoms with van der Waals surface area (Å²) in [4.78, 5) is 7.42. The van der Waals surface area contributed by atoms with Gasteiger partial charge in [0.1, 0.15) is 0 Å². The molecule has 0 unspecified atom stereocenters. The van der Waals surface area contributed by atoms with Gasteiger partial charge in [0.15, 0.2) is 6.23 Å². The molecule has 3 nitrogen and oxygen atoms in total. The third kappa shape index (κ3) is 6.18. The van der Waals surface area contributed by atoms with E-state index in [9.17, 15) is 0 Å². The molecule has 2 atom stereocenters. The first kappa shape index (κ1) is 22.1. The highest BCUT2D eigenvalue weighted by Crippen LogP contribution is 2.36. The maximum Gasteiger partial charge on any atom is 0.152 e. The van der Waals surface area contributed by atoms with Crippen LogP contribution in [0.4, 0.5) is 0 Å². The molecule has 3 rings (SSSR count). The summed E-state index contributed by atoms with van der Waals surface area (Å²) in [5, 5.41) is 0. The van der Waals surface area contributed by atoms with Gasteiger partial charge in [-0.05, 0) is 77.4 Å². The second-order valence-electron chi connectivity index (χ2n) is 10.2. The zero-order valence-electron chi connectivity index (χ0n) is 19.4. The van der Waals surface area contributed by atoms with E-state index in [0.717, 1.165) is 13.0 Å². The minimum Gasteiger partial charge on any atom is -0.355 e. The zero-order chi connectivity index (χ0) is 21.0. The van der Waals surface area contributed by atoms with Crippen molar-refractivity contribution in [3.8, 4) is 0 Å². The van der Waals surface area contributed by atoms with Gasteiger partial charge in [-0.2, -0.15) is 0 Å². The van der Waals surface area contributed by atoms with Crippen molar-refractivity contribution in [3.63, 3.8) is 0 Å². The van der Waals surface area contributed by atoms with Gasteiger partial charge in [0.2, 0.25) is 0 Å². The van der Waals surface area contributed by atoms with Crippen LogP contribution in [0.2, 0.25) is 0 Å². The summed E-state index contributed by atoms with van der Waals surface area (Å²) in [7, 11) is 0. The quantitative estimate of drug-likeness (QED) is 0.320.